The summed E-state index contributed by atoms with van der Waals surface area (Å²) in [6, 6.07) is 1.61. The van der Waals surface area contributed by atoms with Gasteiger partial charge in [0.05, 0.1) is 17.6 Å². The van der Waals surface area contributed by atoms with Crippen LogP contribution in [0.1, 0.15) is 12.8 Å². The molecule has 1 aliphatic heterocycles. The van der Waals surface area contributed by atoms with Crippen LogP contribution in [0.2, 0.25) is 0 Å². The summed E-state index contributed by atoms with van der Waals surface area (Å²) >= 11 is 0. The first kappa shape index (κ1) is 8.50. The summed E-state index contributed by atoms with van der Waals surface area (Å²) in [7, 11) is -3.17. The molecule has 0 aromatic rings. The first-order valence-electron chi connectivity index (χ1n) is 3.32. The van der Waals surface area contributed by atoms with E-state index in [1.165, 1.54) is 0 Å². The molecule has 0 saturated carbocycles. The van der Waals surface area contributed by atoms with Gasteiger partial charge in [0, 0.05) is 0 Å². The van der Waals surface area contributed by atoms with Crippen LogP contribution < -0.4 is 0 Å². The highest BCUT2D eigenvalue weighted by molar-refractivity contribution is 7.91. The van der Waals surface area contributed by atoms with Crippen molar-refractivity contribution in [3.05, 3.63) is 0 Å². The molecule has 0 aromatic heterocycles. The Morgan fingerprint density at radius 3 is 2.55 bits per heavy atom. The summed E-state index contributed by atoms with van der Waals surface area (Å²) in [6.45, 7) is 0. The van der Waals surface area contributed by atoms with Crippen molar-refractivity contribution >= 4 is 9.84 Å². The van der Waals surface area contributed by atoms with Gasteiger partial charge in [-0.1, -0.05) is 0 Å². The summed E-state index contributed by atoms with van der Waals surface area (Å²) < 4.78 is 21.8. The summed E-state index contributed by atoms with van der Waals surface area (Å²) in [5, 5.41) is 17.7. The molecule has 0 bridgehead atoms. The SMILES string of the molecule is N#CC1(O)CCCS(=O)(=O)C1. The smallest absolute Gasteiger partial charge is 0.164 e. The first-order valence-corrected chi connectivity index (χ1v) is 5.14. The zero-order valence-corrected chi connectivity index (χ0v) is 6.76. The van der Waals surface area contributed by atoms with Gasteiger partial charge in [0.1, 0.15) is 0 Å². The van der Waals surface area contributed by atoms with Crippen LogP contribution in [-0.2, 0) is 9.84 Å². The third-order valence-electron chi connectivity index (χ3n) is 1.71. The maximum atomic E-state index is 10.9. The maximum Gasteiger partial charge on any atom is 0.164 e. The predicted molar refractivity (Wildman–Crippen MR) is 38.5 cm³/mol. The molecule has 1 aliphatic rings. The zero-order chi connectivity index (χ0) is 8.54. The van der Waals surface area contributed by atoms with Gasteiger partial charge in [-0.05, 0) is 12.8 Å². The second-order valence-electron chi connectivity index (χ2n) is 2.84. The van der Waals surface area contributed by atoms with Gasteiger partial charge >= 0.3 is 0 Å². The highest BCUT2D eigenvalue weighted by Crippen LogP contribution is 2.21. The van der Waals surface area contributed by atoms with Gasteiger partial charge < -0.3 is 5.11 Å². The Kier molecular flexibility index (Phi) is 1.90. The molecule has 0 amide bonds. The van der Waals surface area contributed by atoms with Gasteiger partial charge in [0.15, 0.2) is 15.4 Å². The van der Waals surface area contributed by atoms with Crippen LogP contribution in [0.3, 0.4) is 0 Å². The minimum absolute atomic E-state index is 0.0942. The largest absolute Gasteiger partial charge is 0.374 e. The Labute approximate surface area is 65.4 Å². The molecule has 11 heavy (non-hydrogen) atoms. The van der Waals surface area contributed by atoms with Crippen LogP contribution >= 0.6 is 0 Å². The van der Waals surface area contributed by atoms with E-state index >= 15 is 0 Å². The number of rotatable bonds is 0. The van der Waals surface area contributed by atoms with Crippen LogP contribution in [0, 0.1) is 11.3 Å². The van der Waals surface area contributed by atoms with Gasteiger partial charge in [-0.25, -0.2) is 8.42 Å². The molecule has 1 rings (SSSR count). The lowest BCUT2D eigenvalue weighted by Gasteiger charge is -2.24. The van der Waals surface area contributed by atoms with Crippen LogP contribution in [0.5, 0.6) is 0 Å². The van der Waals surface area contributed by atoms with E-state index in [1.54, 1.807) is 6.07 Å². The average molecular weight is 175 g/mol. The first-order chi connectivity index (χ1) is 4.97. The van der Waals surface area contributed by atoms with Crippen LogP contribution in [0.25, 0.3) is 0 Å². The molecular weight excluding hydrogens is 166 g/mol. The fourth-order valence-corrected chi connectivity index (χ4v) is 2.85. The topological polar surface area (TPSA) is 78.2 Å². The maximum absolute atomic E-state index is 10.9. The quantitative estimate of drug-likeness (QED) is 0.501. The lowest BCUT2D eigenvalue weighted by molar-refractivity contribution is 0.108. The predicted octanol–water partition coefficient (Wildman–Crippen LogP) is -0.550. The molecule has 62 valence electrons. The van der Waals surface area contributed by atoms with Crippen molar-refractivity contribution in [1.29, 1.82) is 5.26 Å². The van der Waals surface area contributed by atoms with Crippen molar-refractivity contribution in [1.82, 2.24) is 0 Å². The Morgan fingerprint density at radius 1 is 1.55 bits per heavy atom. The van der Waals surface area contributed by atoms with Crippen molar-refractivity contribution < 1.29 is 13.5 Å². The monoisotopic (exact) mass is 175 g/mol. The molecule has 1 atom stereocenters. The van der Waals surface area contributed by atoms with Gasteiger partial charge in [-0.2, -0.15) is 5.26 Å². The van der Waals surface area contributed by atoms with Gasteiger partial charge in [-0.15, -0.1) is 0 Å². The van der Waals surface area contributed by atoms with Gasteiger partial charge in [-0.3, -0.25) is 0 Å². The number of aliphatic hydroxyl groups is 1. The molecule has 1 N–H and O–H groups in total. The highest BCUT2D eigenvalue weighted by atomic mass is 32.2. The van der Waals surface area contributed by atoms with Gasteiger partial charge in [0.25, 0.3) is 0 Å². The second-order valence-corrected chi connectivity index (χ2v) is 5.02. The lowest BCUT2D eigenvalue weighted by atomic mass is 10.0. The van der Waals surface area contributed by atoms with E-state index in [1.807, 2.05) is 0 Å². The molecule has 1 heterocycles. The minimum atomic E-state index is -3.17. The minimum Gasteiger partial charge on any atom is -0.374 e. The molecule has 4 nitrogen and oxygen atoms in total. The molecule has 0 aromatic carbocycles. The van der Waals surface area contributed by atoms with Crippen molar-refractivity contribution in [2.45, 2.75) is 18.4 Å². The number of hydrogen-bond donors (Lipinski definition) is 1. The Hall–Kier alpha value is -0.600. The van der Waals surface area contributed by atoms with Crippen LogP contribution in [0.4, 0.5) is 0 Å². The summed E-state index contributed by atoms with van der Waals surface area (Å²) in [5.41, 5.74) is -1.63. The third kappa shape index (κ3) is 1.91. The van der Waals surface area contributed by atoms with E-state index < -0.39 is 21.2 Å². The third-order valence-corrected chi connectivity index (χ3v) is 3.54. The van der Waals surface area contributed by atoms with Crippen molar-refractivity contribution in [2.24, 2.45) is 0 Å². The fourth-order valence-electron chi connectivity index (χ4n) is 1.18. The summed E-state index contributed by atoms with van der Waals surface area (Å²) in [5.74, 6) is -0.312. The van der Waals surface area contributed by atoms with E-state index in [0.717, 1.165) is 0 Å². The van der Waals surface area contributed by atoms with Crippen LogP contribution in [-0.4, -0.2) is 30.6 Å². The van der Waals surface area contributed by atoms with E-state index in [2.05, 4.69) is 0 Å². The van der Waals surface area contributed by atoms with E-state index in [9.17, 15) is 13.5 Å². The molecule has 5 heteroatoms. The fraction of sp³-hybridized carbons (Fsp3) is 0.833. The number of nitrogens with zero attached hydrogens (tertiary/aromatic N) is 1. The number of sulfone groups is 1. The highest BCUT2D eigenvalue weighted by Gasteiger charge is 2.36. The lowest BCUT2D eigenvalue weighted by Crippen LogP contribution is -2.40. The average Bonchev–Trinajstić information content (AvgIpc) is 1.85. The van der Waals surface area contributed by atoms with E-state index in [-0.39, 0.29) is 12.2 Å². The van der Waals surface area contributed by atoms with E-state index in [4.69, 9.17) is 5.26 Å². The zero-order valence-electron chi connectivity index (χ0n) is 5.95. The molecular formula is C6H9NO3S. The molecule has 0 radical (unpaired) electrons. The molecule has 1 unspecified atom stereocenters. The Balaban J connectivity index is 2.86. The summed E-state index contributed by atoms with van der Waals surface area (Å²) in [4.78, 5) is 0. The normalized spacial score (nSPS) is 36.0. The molecule has 1 fully saturated rings. The standard InChI is InChI=1S/C6H9NO3S/c7-4-6(8)2-1-3-11(9,10)5-6/h8H,1-3,5H2. The summed E-state index contributed by atoms with van der Waals surface area (Å²) in [6.07, 6.45) is 0.648. The molecule has 0 spiro atoms. The molecule has 1 saturated heterocycles. The number of nitriles is 1. The van der Waals surface area contributed by atoms with E-state index in [0.29, 0.717) is 6.42 Å². The Bertz CT molecular complexity index is 289. The number of hydrogen-bond acceptors (Lipinski definition) is 4. The van der Waals surface area contributed by atoms with Crippen LogP contribution in [0.15, 0.2) is 0 Å². The van der Waals surface area contributed by atoms with Crippen molar-refractivity contribution in [3.63, 3.8) is 0 Å². The second kappa shape index (κ2) is 2.47. The Morgan fingerprint density at radius 2 is 2.18 bits per heavy atom. The molecule has 0 aliphatic carbocycles. The van der Waals surface area contributed by atoms with Gasteiger partial charge in [0.2, 0.25) is 0 Å². The van der Waals surface area contributed by atoms with Crippen molar-refractivity contribution in [2.75, 3.05) is 11.5 Å². The van der Waals surface area contributed by atoms with Crippen molar-refractivity contribution in [3.8, 4) is 6.07 Å².